The third-order valence-corrected chi connectivity index (χ3v) is 9.06. The topological polar surface area (TPSA) is 141 Å². The monoisotopic (exact) mass is 709 g/mol. The van der Waals surface area contributed by atoms with E-state index < -0.39 is 31.8 Å². The first-order chi connectivity index (χ1) is 17.2. The Morgan fingerprint density at radius 3 is 2.32 bits per heavy atom. The van der Waals surface area contributed by atoms with Crippen molar-refractivity contribution < 1.29 is 31.7 Å². The molecule has 2 amide bonds. The molecular formula is C21H19Br2N4O6S4+. The summed E-state index contributed by atoms with van der Waals surface area (Å²) in [5, 5.41) is 1.25. The molecule has 2 unspecified atom stereocenters. The second kappa shape index (κ2) is 10.8. The van der Waals surface area contributed by atoms with Gasteiger partial charge in [-0.25, -0.2) is 8.42 Å². The fourth-order valence-corrected chi connectivity index (χ4v) is 7.30. The van der Waals surface area contributed by atoms with Gasteiger partial charge in [-0.2, -0.15) is 4.57 Å². The summed E-state index contributed by atoms with van der Waals surface area (Å²) in [7, 11) is -7.24. The largest absolute Gasteiger partial charge is 0.325 e. The number of hydrogen-bond donors (Lipinski definition) is 2. The Hall–Kier alpha value is -1.66. The van der Waals surface area contributed by atoms with Crippen molar-refractivity contribution in [3.05, 3.63) is 55.4 Å². The minimum Gasteiger partial charge on any atom is -0.325 e. The number of rotatable bonds is 5. The molecule has 0 bridgehead atoms. The van der Waals surface area contributed by atoms with Crippen molar-refractivity contribution in [3.63, 3.8) is 0 Å². The van der Waals surface area contributed by atoms with Crippen molar-refractivity contribution in [2.45, 2.75) is 11.4 Å². The summed E-state index contributed by atoms with van der Waals surface area (Å²) < 4.78 is 53.2. The van der Waals surface area contributed by atoms with Crippen LogP contribution in [0.1, 0.15) is 5.01 Å². The van der Waals surface area contributed by atoms with E-state index in [0.717, 1.165) is 31.1 Å². The fraction of sp³-hybridized carbons (Fsp3) is 0.190. The van der Waals surface area contributed by atoms with Crippen LogP contribution < -0.4 is 9.47 Å². The van der Waals surface area contributed by atoms with Gasteiger partial charge in [-0.05, 0) is 30.3 Å². The van der Waals surface area contributed by atoms with Crippen LogP contribution in [0.4, 0.5) is 5.69 Å². The molecule has 0 aliphatic carbocycles. The molecule has 0 fully saturated rings. The molecule has 0 radical (unpaired) electrons. The lowest BCUT2D eigenvalue weighted by Crippen LogP contribution is -2.39. The number of thiazole rings is 1. The zero-order chi connectivity index (χ0) is 27.1. The highest BCUT2D eigenvalue weighted by Gasteiger charge is 2.30. The molecule has 10 nitrogen and oxygen atoms in total. The van der Waals surface area contributed by atoms with Gasteiger partial charge in [-0.15, -0.1) is 8.73 Å². The van der Waals surface area contributed by atoms with Gasteiger partial charge in [0.05, 0.1) is 16.8 Å². The first-order valence-corrected chi connectivity index (χ1v) is 17.2. The Bertz CT molecular complexity index is 1720. The molecule has 1 aliphatic rings. The Labute approximate surface area is 238 Å². The van der Waals surface area contributed by atoms with E-state index in [-0.39, 0.29) is 13.1 Å². The van der Waals surface area contributed by atoms with Crippen molar-refractivity contribution in [1.29, 1.82) is 0 Å². The number of halogens is 2. The average Bonchev–Trinajstić information content (AvgIpc) is 3.23. The van der Waals surface area contributed by atoms with Gasteiger partial charge in [-0.3, -0.25) is 9.59 Å². The van der Waals surface area contributed by atoms with Gasteiger partial charge in [0.25, 0.3) is 10.9 Å². The average molecular weight is 711 g/mol. The Morgan fingerprint density at radius 1 is 1.03 bits per heavy atom. The quantitative estimate of drug-likeness (QED) is 0.360. The highest BCUT2D eigenvalue weighted by molar-refractivity contribution is 9.10. The number of carbonyl (C=O) groups is 2. The van der Waals surface area contributed by atoms with Gasteiger partial charge >= 0.3 is 5.91 Å². The summed E-state index contributed by atoms with van der Waals surface area (Å²) in [4.78, 5) is 27.6. The number of anilines is 1. The molecule has 37 heavy (non-hydrogen) atoms. The zero-order valence-electron chi connectivity index (χ0n) is 19.2. The van der Waals surface area contributed by atoms with Crippen molar-refractivity contribution in [3.8, 4) is 0 Å². The van der Waals surface area contributed by atoms with Crippen LogP contribution in [0.3, 0.4) is 0 Å². The standard InChI is InChI=1S/C21H18Br2N4O6S4/c1-36(30,31)24-18(28)10-26-14-7-12(22)3-5-16(14)34-20(26)9-21-27(11-19(29)25-37(2,32)33)15-8-13(23)4-6-17(15)35-21/h3-9H,10-11H2,1-2H3,(H-,24,25,28,29,30,31,32,33)/p+1. The molecule has 2 aromatic carbocycles. The zero-order valence-corrected chi connectivity index (χ0v) is 25.6. The van der Waals surface area contributed by atoms with E-state index in [1.807, 2.05) is 36.4 Å². The Kier molecular flexibility index (Phi) is 8.31. The van der Waals surface area contributed by atoms with Crippen molar-refractivity contribution in [2.24, 2.45) is 8.73 Å². The third-order valence-electron chi connectivity index (χ3n) is 4.76. The van der Waals surface area contributed by atoms with Gasteiger partial charge < -0.3 is 14.0 Å². The molecule has 2 heterocycles. The Balaban J connectivity index is 1.84. The lowest BCUT2D eigenvalue weighted by Gasteiger charge is -2.18. The van der Waals surface area contributed by atoms with E-state index in [4.69, 9.17) is 0 Å². The molecule has 0 saturated heterocycles. The summed E-state index contributed by atoms with van der Waals surface area (Å²) in [5.74, 6) is -1.53. The number of nitrogens with zero attached hydrogens (tertiary/aromatic N) is 4. The van der Waals surface area contributed by atoms with Crippen LogP contribution in [-0.4, -0.2) is 48.4 Å². The number of carbonyl (C=O) groups excluding carboxylic acids is 2. The lowest BCUT2D eigenvalue weighted by atomic mass is 10.3. The van der Waals surface area contributed by atoms with E-state index in [9.17, 15) is 27.1 Å². The Morgan fingerprint density at radius 2 is 1.65 bits per heavy atom. The summed E-state index contributed by atoms with van der Waals surface area (Å²) in [6.45, 7) is -0.554. The number of aromatic nitrogens is 1. The number of hydrogen-bond acceptors (Lipinski definition) is 7. The molecule has 1 aromatic heterocycles. The molecule has 1 aliphatic heterocycles. The van der Waals surface area contributed by atoms with Gasteiger partial charge in [0.2, 0.25) is 12.1 Å². The molecule has 2 N–H and O–H groups in total. The third kappa shape index (κ3) is 7.26. The molecule has 196 valence electrons. The SMILES string of the molecule is CS(=O)(O)=NC(=O)CN1C(=Cc2sc3ccc(Br)cc3[n+]2CC(=O)N=S(C)(=O)O)Sc2ccc(Br)cc21. The van der Waals surface area contributed by atoms with Crippen LogP contribution in [-0.2, 0) is 36.2 Å². The summed E-state index contributed by atoms with van der Waals surface area (Å²) in [5.41, 5.74) is 1.42. The molecule has 0 saturated carbocycles. The minimum atomic E-state index is -3.62. The highest BCUT2D eigenvalue weighted by atomic mass is 79.9. The summed E-state index contributed by atoms with van der Waals surface area (Å²) in [6.07, 6.45) is 3.72. The van der Waals surface area contributed by atoms with Crippen molar-refractivity contribution in [2.75, 3.05) is 24.0 Å². The van der Waals surface area contributed by atoms with Crippen LogP contribution in [0.25, 0.3) is 16.3 Å². The van der Waals surface area contributed by atoms with Crippen molar-refractivity contribution in [1.82, 2.24) is 0 Å². The molecule has 3 aromatic rings. The molecule has 4 rings (SSSR count). The van der Waals surface area contributed by atoms with Gasteiger partial charge in [0.15, 0.2) is 20.0 Å². The van der Waals surface area contributed by atoms with Gasteiger partial charge in [0, 0.05) is 32.4 Å². The van der Waals surface area contributed by atoms with E-state index >= 15 is 0 Å². The predicted octanol–water partition coefficient (Wildman–Crippen LogP) is 4.82. The smallest absolute Gasteiger partial charge is 0.321 e. The van der Waals surface area contributed by atoms with Crippen LogP contribution in [0.2, 0.25) is 0 Å². The second-order valence-electron chi connectivity index (χ2n) is 7.92. The van der Waals surface area contributed by atoms with Gasteiger partial charge in [-0.1, -0.05) is 55.0 Å². The van der Waals surface area contributed by atoms with Crippen molar-refractivity contribution >= 4 is 109 Å². The number of thioether (sulfide) groups is 1. The van der Waals surface area contributed by atoms with Crippen LogP contribution >= 0.6 is 55.0 Å². The maximum Gasteiger partial charge on any atom is 0.321 e. The number of fused-ring (bicyclic) bond motifs is 2. The maximum absolute atomic E-state index is 12.5. The first-order valence-electron chi connectivity index (χ1n) is 10.2. The highest BCUT2D eigenvalue weighted by Crippen LogP contribution is 2.47. The molecule has 2 atom stereocenters. The van der Waals surface area contributed by atoms with E-state index in [1.54, 1.807) is 15.5 Å². The molecular weight excluding hydrogens is 692 g/mol. The second-order valence-corrected chi connectivity index (χ2v) is 15.3. The number of amides is 2. The summed E-state index contributed by atoms with van der Waals surface area (Å²) in [6, 6.07) is 11.1. The molecule has 0 spiro atoms. The van der Waals surface area contributed by atoms with E-state index in [1.165, 1.54) is 23.1 Å². The van der Waals surface area contributed by atoms with E-state index in [0.29, 0.717) is 21.2 Å². The lowest BCUT2D eigenvalue weighted by molar-refractivity contribution is -0.655. The van der Waals surface area contributed by atoms with Crippen LogP contribution in [0.15, 0.2) is 64.0 Å². The minimum absolute atomic E-state index is 0.277. The summed E-state index contributed by atoms with van der Waals surface area (Å²) >= 11 is 9.65. The maximum atomic E-state index is 12.5. The van der Waals surface area contributed by atoms with Crippen LogP contribution in [0, 0.1) is 0 Å². The van der Waals surface area contributed by atoms with Crippen LogP contribution in [0.5, 0.6) is 0 Å². The van der Waals surface area contributed by atoms with Gasteiger partial charge in [0.1, 0.15) is 11.2 Å². The van der Waals surface area contributed by atoms with E-state index in [2.05, 4.69) is 40.6 Å². The fourth-order valence-electron chi connectivity index (χ4n) is 3.50. The normalized spacial score (nSPS) is 17.4. The molecule has 16 heteroatoms. The predicted molar refractivity (Wildman–Crippen MR) is 153 cm³/mol. The first kappa shape index (κ1) is 28.4. The number of benzene rings is 2.